The van der Waals surface area contributed by atoms with Crippen LogP contribution in [0.25, 0.3) is 0 Å². The second-order valence-corrected chi connectivity index (χ2v) is 6.39. The molecule has 8 heteroatoms. The lowest BCUT2D eigenvalue weighted by atomic mass is 10.0. The van der Waals surface area contributed by atoms with Crippen molar-refractivity contribution in [2.75, 3.05) is 37.7 Å². The van der Waals surface area contributed by atoms with Gasteiger partial charge < -0.3 is 20.3 Å². The maximum absolute atomic E-state index is 12.5. The molecule has 2 N–H and O–H groups in total. The fraction of sp³-hybridized carbons (Fsp3) is 0.588. The molecule has 1 amide bonds. The van der Waals surface area contributed by atoms with E-state index in [1.165, 1.54) is 0 Å². The molecule has 1 aromatic heterocycles. The van der Waals surface area contributed by atoms with Crippen LogP contribution < -0.4 is 15.4 Å². The lowest BCUT2D eigenvalue weighted by Gasteiger charge is -2.36. The maximum Gasteiger partial charge on any atom is 0.225 e. The Kier molecular flexibility index (Phi) is 5.80. The van der Waals surface area contributed by atoms with E-state index in [2.05, 4.69) is 14.9 Å². The number of likely N-dealkylation sites (tertiary alicyclic amines) is 1. The number of halogens is 1. The minimum absolute atomic E-state index is 0.0883. The van der Waals surface area contributed by atoms with Crippen molar-refractivity contribution in [2.24, 2.45) is 5.73 Å². The summed E-state index contributed by atoms with van der Waals surface area (Å²) in [7, 11) is 0. The molecular formula is C17H24FN5O2. The van der Waals surface area contributed by atoms with Crippen molar-refractivity contribution >= 4 is 11.9 Å². The smallest absolute Gasteiger partial charge is 0.225 e. The van der Waals surface area contributed by atoms with Crippen LogP contribution in [0.3, 0.4) is 0 Å². The topological polar surface area (TPSA) is 84.6 Å². The highest BCUT2D eigenvalue weighted by Crippen LogP contribution is 2.24. The number of hydrogen-bond donors (Lipinski definition) is 1. The summed E-state index contributed by atoms with van der Waals surface area (Å²) >= 11 is 0. The number of aromatic nitrogens is 2. The van der Waals surface area contributed by atoms with Crippen molar-refractivity contribution in [3.8, 4) is 5.75 Å². The molecule has 0 radical (unpaired) electrons. The van der Waals surface area contributed by atoms with Crippen molar-refractivity contribution in [3.63, 3.8) is 0 Å². The van der Waals surface area contributed by atoms with E-state index in [0.29, 0.717) is 36.1 Å². The van der Waals surface area contributed by atoms with Crippen molar-refractivity contribution in [3.05, 3.63) is 24.3 Å². The number of hydrogen-bond acceptors (Lipinski definition) is 6. The molecule has 1 aromatic rings. The predicted octanol–water partition coefficient (Wildman–Crippen LogP) is 1.26. The predicted molar refractivity (Wildman–Crippen MR) is 92.0 cm³/mol. The first-order valence-electron chi connectivity index (χ1n) is 8.68. The van der Waals surface area contributed by atoms with E-state index < -0.39 is 0 Å². The first-order chi connectivity index (χ1) is 12.2. The number of rotatable bonds is 6. The van der Waals surface area contributed by atoms with Gasteiger partial charge in [-0.25, -0.2) is 14.4 Å². The summed E-state index contributed by atoms with van der Waals surface area (Å²) in [5.74, 6) is 1.42. The van der Waals surface area contributed by atoms with Gasteiger partial charge in [-0.3, -0.25) is 4.79 Å². The van der Waals surface area contributed by atoms with Gasteiger partial charge in [0.1, 0.15) is 6.61 Å². The number of ether oxygens (including phenoxy) is 1. The van der Waals surface area contributed by atoms with E-state index >= 15 is 0 Å². The Morgan fingerprint density at radius 2 is 2.04 bits per heavy atom. The molecule has 2 aliphatic heterocycles. The van der Waals surface area contributed by atoms with Crippen molar-refractivity contribution in [1.29, 1.82) is 0 Å². The first-order valence-corrected chi connectivity index (χ1v) is 8.68. The zero-order valence-corrected chi connectivity index (χ0v) is 14.2. The van der Waals surface area contributed by atoms with E-state index in [1.54, 1.807) is 12.4 Å². The number of anilines is 1. The van der Waals surface area contributed by atoms with Gasteiger partial charge in [-0.1, -0.05) is 0 Å². The molecule has 2 saturated heterocycles. The SMILES string of the molecule is NC/C(=C\F)COc1cnc(N2CCC(N3CCCC3=O)CC2)nc1. The number of amides is 1. The molecule has 25 heavy (non-hydrogen) atoms. The third kappa shape index (κ3) is 4.25. The Hall–Kier alpha value is -2.22. The highest BCUT2D eigenvalue weighted by Gasteiger charge is 2.31. The molecule has 3 rings (SSSR count). The van der Waals surface area contributed by atoms with Gasteiger partial charge in [0, 0.05) is 44.2 Å². The van der Waals surface area contributed by atoms with Gasteiger partial charge in [-0.2, -0.15) is 0 Å². The quantitative estimate of drug-likeness (QED) is 0.832. The summed E-state index contributed by atoms with van der Waals surface area (Å²) < 4.78 is 17.9. The summed E-state index contributed by atoms with van der Waals surface area (Å²) in [5.41, 5.74) is 5.76. The minimum Gasteiger partial charge on any atom is -0.486 e. The lowest BCUT2D eigenvalue weighted by molar-refractivity contribution is -0.130. The fourth-order valence-electron chi connectivity index (χ4n) is 3.29. The Balaban J connectivity index is 1.51. The van der Waals surface area contributed by atoms with Crippen molar-refractivity contribution in [1.82, 2.24) is 14.9 Å². The third-order valence-corrected chi connectivity index (χ3v) is 4.75. The largest absolute Gasteiger partial charge is 0.486 e. The molecule has 3 heterocycles. The average molecular weight is 349 g/mol. The van der Waals surface area contributed by atoms with Crippen LogP contribution in [0.1, 0.15) is 25.7 Å². The Morgan fingerprint density at radius 1 is 1.32 bits per heavy atom. The third-order valence-electron chi connectivity index (χ3n) is 4.75. The van der Waals surface area contributed by atoms with Gasteiger partial charge in [-0.15, -0.1) is 0 Å². The van der Waals surface area contributed by atoms with Gasteiger partial charge in [0.05, 0.1) is 18.7 Å². The molecule has 7 nitrogen and oxygen atoms in total. The summed E-state index contributed by atoms with van der Waals surface area (Å²) in [4.78, 5) is 24.7. The summed E-state index contributed by atoms with van der Waals surface area (Å²) in [5, 5.41) is 0. The van der Waals surface area contributed by atoms with E-state index in [1.807, 2.05) is 4.90 Å². The minimum atomic E-state index is 0.0883. The van der Waals surface area contributed by atoms with Crippen LogP contribution in [0, 0.1) is 0 Å². The number of carbonyl (C=O) groups excluding carboxylic acids is 1. The maximum atomic E-state index is 12.5. The second-order valence-electron chi connectivity index (χ2n) is 6.39. The Labute approximate surface area is 146 Å². The molecule has 2 fully saturated rings. The number of carbonyl (C=O) groups is 1. The van der Waals surface area contributed by atoms with Crippen LogP contribution in [0.2, 0.25) is 0 Å². The molecule has 0 spiro atoms. The Morgan fingerprint density at radius 3 is 2.60 bits per heavy atom. The Bertz CT molecular complexity index is 614. The van der Waals surface area contributed by atoms with Crippen LogP contribution >= 0.6 is 0 Å². The zero-order chi connectivity index (χ0) is 17.6. The number of nitrogens with zero attached hydrogens (tertiary/aromatic N) is 4. The summed E-state index contributed by atoms with van der Waals surface area (Å²) in [6, 6.07) is 0.344. The molecule has 0 atom stereocenters. The van der Waals surface area contributed by atoms with Gasteiger partial charge in [0.25, 0.3) is 0 Å². The van der Waals surface area contributed by atoms with Crippen LogP contribution in [0.15, 0.2) is 24.3 Å². The number of piperidine rings is 1. The first kappa shape index (κ1) is 17.6. The van der Waals surface area contributed by atoms with Gasteiger partial charge in [0.15, 0.2) is 5.75 Å². The average Bonchev–Trinajstić information content (AvgIpc) is 3.09. The standard InChI is InChI=1S/C17H24FN5O2/c18-8-13(9-19)12-25-15-10-20-17(21-11-15)22-6-3-14(4-7-22)23-5-1-2-16(23)24/h8,10-11,14H,1-7,9,12,19H2/b13-8+. The van der Waals surface area contributed by atoms with Crippen LogP contribution in [0.4, 0.5) is 10.3 Å². The van der Waals surface area contributed by atoms with E-state index in [-0.39, 0.29) is 19.1 Å². The summed E-state index contributed by atoms with van der Waals surface area (Å²) in [6.45, 7) is 2.76. The van der Waals surface area contributed by atoms with Crippen LogP contribution in [-0.4, -0.2) is 59.6 Å². The van der Waals surface area contributed by atoms with Gasteiger partial charge in [0.2, 0.25) is 11.9 Å². The van der Waals surface area contributed by atoms with Gasteiger partial charge in [-0.05, 0) is 19.3 Å². The molecule has 136 valence electrons. The lowest BCUT2D eigenvalue weighted by Crippen LogP contribution is -2.45. The fourth-order valence-corrected chi connectivity index (χ4v) is 3.29. The normalized spacial score (nSPS) is 19.6. The highest BCUT2D eigenvalue weighted by atomic mass is 19.1. The molecule has 0 aliphatic carbocycles. The highest BCUT2D eigenvalue weighted by molar-refractivity contribution is 5.78. The molecule has 0 bridgehead atoms. The summed E-state index contributed by atoms with van der Waals surface area (Å²) in [6.07, 6.45) is 7.18. The van der Waals surface area contributed by atoms with Crippen molar-refractivity contribution < 1.29 is 13.9 Å². The molecule has 0 unspecified atom stereocenters. The molecule has 0 saturated carbocycles. The van der Waals surface area contributed by atoms with Gasteiger partial charge >= 0.3 is 0 Å². The van der Waals surface area contributed by atoms with E-state index in [0.717, 1.165) is 38.9 Å². The van der Waals surface area contributed by atoms with E-state index in [4.69, 9.17) is 10.5 Å². The van der Waals surface area contributed by atoms with Crippen LogP contribution in [-0.2, 0) is 4.79 Å². The molecular weight excluding hydrogens is 325 g/mol. The molecule has 0 aromatic carbocycles. The second kappa shape index (κ2) is 8.24. The van der Waals surface area contributed by atoms with Crippen LogP contribution in [0.5, 0.6) is 5.75 Å². The van der Waals surface area contributed by atoms with Crippen molar-refractivity contribution in [2.45, 2.75) is 31.7 Å². The van der Waals surface area contributed by atoms with E-state index in [9.17, 15) is 9.18 Å². The monoisotopic (exact) mass is 349 g/mol. The zero-order valence-electron chi connectivity index (χ0n) is 14.2. The molecule has 2 aliphatic rings. The number of nitrogens with two attached hydrogens (primary N) is 1.